The van der Waals surface area contributed by atoms with Crippen molar-refractivity contribution in [2.45, 2.75) is 18.7 Å². The fraction of sp³-hybridized carbons (Fsp3) is 0.500. The molecule has 20 heavy (non-hydrogen) atoms. The highest BCUT2D eigenvalue weighted by Crippen LogP contribution is 2.27. The van der Waals surface area contributed by atoms with E-state index in [2.05, 4.69) is 5.32 Å². The van der Waals surface area contributed by atoms with Crippen LogP contribution in [0.4, 0.5) is 0 Å². The van der Waals surface area contributed by atoms with Gasteiger partial charge in [0.15, 0.2) is 0 Å². The first kappa shape index (κ1) is 18.0. The monoisotopic (exact) mass is 358 g/mol. The van der Waals surface area contributed by atoms with E-state index in [0.29, 0.717) is 35.2 Å². The van der Waals surface area contributed by atoms with Gasteiger partial charge < -0.3 is 5.32 Å². The smallest absolute Gasteiger partial charge is 0.218 e. The molecule has 0 saturated carbocycles. The molecule has 0 aromatic heterocycles. The number of sulfonamides is 1. The van der Waals surface area contributed by atoms with Crippen LogP contribution in [0.3, 0.4) is 0 Å². The highest BCUT2D eigenvalue weighted by atomic mass is 35.5. The Hall–Kier alpha value is -0.0400. The number of rotatable bonds is 3. The van der Waals surface area contributed by atoms with Crippen molar-refractivity contribution >= 4 is 45.6 Å². The Labute approximate surface area is 135 Å². The molecule has 1 aromatic carbocycles. The molecule has 0 amide bonds. The maximum atomic E-state index is 12.4. The van der Waals surface area contributed by atoms with Crippen LogP contribution in [0.1, 0.15) is 12.5 Å². The van der Waals surface area contributed by atoms with E-state index in [1.54, 1.807) is 18.2 Å². The second kappa shape index (κ2) is 7.29. The molecular formula is C12H17Cl3N2O2S. The predicted molar refractivity (Wildman–Crippen MR) is 85.4 cm³/mol. The zero-order valence-corrected chi connectivity index (χ0v) is 14.1. The number of nitrogens with one attached hydrogen (secondary N) is 1. The Morgan fingerprint density at radius 1 is 1.35 bits per heavy atom. The van der Waals surface area contributed by atoms with Gasteiger partial charge in [0, 0.05) is 41.3 Å². The van der Waals surface area contributed by atoms with E-state index in [4.69, 9.17) is 23.2 Å². The Bertz CT molecular complexity index is 546. The summed E-state index contributed by atoms with van der Waals surface area (Å²) in [5.74, 6) is -0.155. The summed E-state index contributed by atoms with van der Waals surface area (Å²) < 4.78 is 26.3. The minimum atomic E-state index is -3.39. The summed E-state index contributed by atoms with van der Waals surface area (Å²) in [6.45, 7) is 3.58. The topological polar surface area (TPSA) is 49.4 Å². The number of hydrogen-bond donors (Lipinski definition) is 1. The molecule has 1 saturated heterocycles. The molecule has 1 unspecified atom stereocenters. The lowest BCUT2D eigenvalue weighted by Gasteiger charge is -2.31. The van der Waals surface area contributed by atoms with E-state index in [0.717, 1.165) is 0 Å². The molecule has 1 fully saturated rings. The van der Waals surface area contributed by atoms with Gasteiger partial charge in [0.1, 0.15) is 0 Å². The number of hydrogen-bond acceptors (Lipinski definition) is 3. The molecule has 0 radical (unpaired) electrons. The van der Waals surface area contributed by atoms with Crippen molar-refractivity contribution in [3.8, 4) is 0 Å². The molecule has 114 valence electrons. The minimum absolute atomic E-state index is 0. The number of benzene rings is 1. The SMILES string of the molecule is CC1CN(S(=O)(=O)Cc2c(Cl)cccc2Cl)CCN1.Cl. The van der Waals surface area contributed by atoms with Crippen LogP contribution in [-0.4, -0.2) is 38.4 Å². The molecule has 1 aliphatic heterocycles. The highest BCUT2D eigenvalue weighted by molar-refractivity contribution is 7.88. The largest absolute Gasteiger partial charge is 0.312 e. The van der Waals surface area contributed by atoms with Gasteiger partial charge in [-0.1, -0.05) is 29.3 Å². The van der Waals surface area contributed by atoms with Crippen LogP contribution in [-0.2, 0) is 15.8 Å². The predicted octanol–water partition coefficient (Wildman–Crippen LogP) is 2.54. The molecule has 1 heterocycles. The molecule has 0 spiro atoms. The molecule has 2 rings (SSSR count). The fourth-order valence-corrected chi connectivity index (χ4v) is 4.46. The van der Waals surface area contributed by atoms with E-state index >= 15 is 0 Å². The van der Waals surface area contributed by atoms with E-state index < -0.39 is 10.0 Å². The van der Waals surface area contributed by atoms with Crippen molar-refractivity contribution in [1.82, 2.24) is 9.62 Å². The van der Waals surface area contributed by atoms with E-state index in [1.165, 1.54) is 4.31 Å². The van der Waals surface area contributed by atoms with Gasteiger partial charge in [0.25, 0.3) is 0 Å². The lowest BCUT2D eigenvalue weighted by Crippen LogP contribution is -2.51. The van der Waals surface area contributed by atoms with Crippen LogP contribution in [0.2, 0.25) is 10.0 Å². The quantitative estimate of drug-likeness (QED) is 0.902. The van der Waals surface area contributed by atoms with Crippen molar-refractivity contribution in [1.29, 1.82) is 0 Å². The van der Waals surface area contributed by atoms with Gasteiger partial charge in [0.2, 0.25) is 10.0 Å². The normalized spacial score (nSPS) is 20.4. The van der Waals surface area contributed by atoms with Gasteiger partial charge >= 0.3 is 0 Å². The van der Waals surface area contributed by atoms with Gasteiger partial charge in [-0.05, 0) is 19.1 Å². The summed E-state index contributed by atoms with van der Waals surface area (Å²) in [5, 5.41) is 3.99. The van der Waals surface area contributed by atoms with Gasteiger partial charge in [-0.2, -0.15) is 4.31 Å². The first-order valence-electron chi connectivity index (χ1n) is 6.04. The molecule has 0 bridgehead atoms. The fourth-order valence-electron chi connectivity index (χ4n) is 2.09. The Morgan fingerprint density at radius 2 is 1.95 bits per heavy atom. The zero-order chi connectivity index (χ0) is 14.0. The molecular weight excluding hydrogens is 343 g/mol. The van der Waals surface area contributed by atoms with Crippen LogP contribution < -0.4 is 5.32 Å². The van der Waals surface area contributed by atoms with E-state index in [1.807, 2.05) is 6.92 Å². The summed E-state index contributed by atoms with van der Waals surface area (Å²) in [6.07, 6.45) is 0. The standard InChI is InChI=1S/C12H16Cl2N2O2S.ClH/c1-9-7-16(6-5-15-9)19(17,18)8-10-11(13)3-2-4-12(10)14;/h2-4,9,15H,5-8H2,1H3;1H. The van der Waals surface area contributed by atoms with Crippen molar-refractivity contribution in [3.05, 3.63) is 33.8 Å². The van der Waals surface area contributed by atoms with Gasteiger partial charge in [-0.15, -0.1) is 12.4 Å². The van der Waals surface area contributed by atoms with Crippen LogP contribution in [0.5, 0.6) is 0 Å². The molecule has 1 N–H and O–H groups in total. The summed E-state index contributed by atoms with van der Waals surface area (Å²) in [5.41, 5.74) is 0.469. The number of nitrogens with zero attached hydrogens (tertiary/aromatic N) is 1. The molecule has 8 heteroatoms. The lowest BCUT2D eigenvalue weighted by atomic mass is 10.2. The average Bonchev–Trinajstić information content (AvgIpc) is 2.34. The van der Waals surface area contributed by atoms with Crippen LogP contribution in [0, 0.1) is 0 Å². The third-order valence-electron chi connectivity index (χ3n) is 3.11. The van der Waals surface area contributed by atoms with Crippen molar-refractivity contribution in [2.75, 3.05) is 19.6 Å². The van der Waals surface area contributed by atoms with Crippen LogP contribution >= 0.6 is 35.6 Å². The molecule has 0 aliphatic carbocycles. The average molecular weight is 360 g/mol. The lowest BCUT2D eigenvalue weighted by molar-refractivity contribution is 0.310. The molecule has 1 atom stereocenters. The Kier molecular flexibility index (Phi) is 6.57. The van der Waals surface area contributed by atoms with Gasteiger partial charge in [-0.3, -0.25) is 0 Å². The Morgan fingerprint density at radius 3 is 2.50 bits per heavy atom. The van der Waals surface area contributed by atoms with Gasteiger partial charge in [0.05, 0.1) is 5.75 Å². The number of piperazine rings is 1. The summed E-state index contributed by atoms with van der Waals surface area (Å²) in [4.78, 5) is 0. The second-order valence-corrected chi connectivity index (χ2v) is 7.45. The van der Waals surface area contributed by atoms with E-state index in [-0.39, 0.29) is 24.2 Å². The first-order chi connectivity index (χ1) is 8.90. The van der Waals surface area contributed by atoms with Crippen LogP contribution in [0.15, 0.2) is 18.2 Å². The third-order valence-corrected chi connectivity index (χ3v) is 5.59. The molecule has 1 aliphatic rings. The van der Waals surface area contributed by atoms with Crippen molar-refractivity contribution in [3.63, 3.8) is 0 Å². The Balaban J connectivity index is 0.00000200. The summed E-state index contributed by atoms with van der Waals surface area (Å²) in [7, 11) is -3.39. The zero-order valence-electron chi connectivity index (χ0n) is 11.0. The summed E-state index contributed by atoms with van der Waals surface area (Å²) >= 11 is 12.0. The minimum Gasteiger partial charge on any atom is -0.312 e. The molecule has 4 nitrogen and oxygen atoms in total. The highest BCUT2D eigenvalue weighted by Gasteiger charge is 2.28. The van der Waals surface area contributed by atoms with Crippen LogP contribution in [0.25, 0.3) is 0 Å². The van der Waals surface area contributed by atoms with E-state index in [9.17, 15) is 8.42 Å². The maximum absolute atomic E-state index is 12.4. The third kappa shape index (κ3) is 4.23. The second-order valence-electron chi connectivity index (χ2n) is 4.67. The van der Waals surface area contributed by atoms with Crippen molar-refractivity contribution < 1.29 is 8.42 Å². The maximum Gasteiger partial charge on any atom is 0.218 e. The number of halogens is 3. The van der Waals surface area contributed by atoms with Crippen molar-refractivity contribution in [2.24, 2.45) is 0 Å². The first-order valence-corrected chi connectivity index (χ1v) is 8.41. The molecule has 1 aromatic rings. The summed E-state index contributed by atoms with van der Waals surface area (Å²) in [6, 6.07) is 5.16. The van der Waals surface area contributed by atoms with Gasteiger partial charge in [-0.25, -0.2) is 8.42 Å².